The molecule has 3 rings (SSSR count). The lowest BCUT2D eigenvalue weighted by Gasteiger charge is -2.26. The van der Waals surface area contributed by atoms with E-state index in [-0.39, 0.29) is 5.41 Å². The first-order chi connectivity index (χ1) is 6.34. The molecule has 1 nitrogen and oxygen atoms in total. The Balaban J connectivity index is 1.96. The zero-order chi connectivity index (χ0) is 8.89. The molecule has 0 N–H and O–H groups in total. The van der Waals surface area contributed by atoms with E-state index >= 15 is 0 Å². The second kappa shape index (κ2) is 2.22. The molecule has 0 heterocycles. The van der Waals surface area contributed by atoms with E-state index in [1.165, 1.54) is 12.0 Å². The molecule has 3 unspecified atom stereocenters. The largest absolute Gasteiger partial charge is 0.303 e. The molecular weight excluding hydrogens is 160 g/mol. The van der Waals surface area contributed by atoms with Crippen LogP contribution in [-0.2, 0) is 4.79 Å². The summed E-state index contributed by atoms with van der Waals surface area (Å²) in [4.78, 5) is 10.5. The Bertz CT molecular complexity index is 348. The second-order valence-corrected chi connectivity index (χ2v) is 4.32. The number of rotatable bonds is 2. The van der Waals surface area contributed by atoms with Gasteiger partial charge in [-0.25, -0.2) is 0 Å². The molecule has 1 spiro atoms. The summed E-state index contributed by atoms with van der Waals surface area (Å²) in [5, 5.41) is 0. The molecule has 0 aromatic heterocycles. The highest BCUT2D eigenvalue weighted by Gasteiger charge is 2.47. The average Bonchev–Trinajstić information content (AvgIpc) is 2.76. The molecule has 0 fully saturated rings. The summed E-state index contributed by atoms with van der Waals surface area (Å²) >= 11 is 0. The molecule has 0 saturated heterocycles. The minimum Gasteiger partial charge on any atom is -0.303 e. The zero-order valence-corrected chi connectivity index (χ0v) is 7.44. The van der Waals surface area contributed by atoms with Crippen LogP contribution in [0.3, 0.4) is 0 Å². The van der Waals surface area contributed by atoms with E-state index < -0.39 is 0 Å². The van der Waals surface area contributed by atoms with Crippen LogP contribution >= 0.6 is 0 Å². The third kappa shape index (κ3) is 0.796. The Hall–Kier alpha value is -1.11. The first kappa shape index (κ1) is 7.31. The maximum atomic E-state index is 10.5. The molecule has 1 heteroatoms. The van der Waals surface area contributed by atoms with Crippen molar-refractivity contribution in [3.63, 3.8) is 0 Å². The Labute approximate surface area is 77.8 Å². The Morgan fingerprint density at radius 3 is 3.23 bits per heavy atom. The molecule has 3 aliphatic rings. The fourth-order valence-electron chi connectivity index (χ4n) is 2.97. The van der Waals surface area contributed by atoms with E-state index in [1.807, 2.05) is 0 Å². The molecular formula is C12H12O. The van der Waals surface area contributed by atoms with Crippen LogP contribution in [-0.4, -0.2) is 6.29 Å². The molecule has 0 saturated carbocycles. The van der Waals surface area contributed by atoms with Crippen molar-refractivity contribution < 1.29 is 4.79 Å². The highest BCUT2D eigenvalue weighted by atomic mass is 16.1. The van der Waals surface area contributed by atoms with Gasteiger partial charge in [-0.1, -0.05) is 36.0 Å². The summed E-state index contributed by atoms with van der Waals surface area (Å²) < 4.78 is 0. The smallest absolute Gasteiger partial charge is 0.120 e. The maximum absolute atomic E-state index is 10.5. The summed E-state index contributed by atoms with van der Waals surface area (Å²) in [6, 6.07) is 0. The Morgan fingerprint density at radius 1 is 1.54 bits per heavy atom. The van der Waals surface area contributed by atoms with Crippen molar-refractivity contribution in [1.82, 2.24) is 0 Å². The SMILES string of the molecule is O=CCC1C=CC23C=CC(=CC12)C3. The quantitative estimate of drug-likeness (QED) is 0.461. The predicted octanol–water partition coefficient (Wildman–Crippen LogP) is 2.26. The van der Waals surface area contributed by atoms with E-state index in [4.69, 9.17) is 0 Å². The summed E-state index contributed by atoms with van der Waals surface area (Å²) in [6.07, 6.45) is 14.3. The number of hydrogen-bond acceptors (Lipinski definition) is 1. The van der Waals surface area contributed by atoms with Gasteiger partial charge >= 0.3 is 0 Å². The van der Waals surface area contributed by atoms with Crippen molar-refractivity contribution in [1.29, 1.82) is 0 Å². The van der Waals surface area contributed by atoms with Crippen molar-refractivity contribution in [3.05, 3.63) is 36.0 Å². The molecule has 0 radical (unpaired) electrons. The number of aldehydes is 1. The molecule has 0 aliphatic heterocycles. The predicted molar refractivity (Wildman–Crippen MR) is 51.1 cm³/mol. The minimum atomic E-state index is 0.281. The molecule has 3 atom stereocenters. The van der Waals surface area contributed by atoms with E-state index in [1.54, 1.807) is 0 Å². The van der Waals surface area contributed by atoms with Crippen LogP contribution in [0.1, 0.15) is 12.8 Å². The fourth-order valence-corrected chi connectivity index (χ4v) is 2.97. The van der Waals surface area contributed by atoms with Gasteiger partial charge in [0, 0.05) is 11.8 Å². The highest BCUT2D eigenvalue weighted by Crippen LogP contribution is 2.57. The van der Waals surface area contributed by atoms with Crippen LogP contribution in [0.4, 0.5) is 0 Å². The van der Waals surface area contributed by atoms with Crippen LogP contribution in [0.2, 0.25) is 0 Å². The van der Waals surface area contributed by atoms with Gasteiger partial charge in [0.05, 0.1) is 0 Å². The lowest BCUT2D eigenvalue weighted by Crippen LogP contribution is -2.21. The summed E-state index contributed by atoms with van der Waals surface area (Å²) in [5.74, 6) is 1.04. The van der Waals surface area contributed by atoms with Gasteiger partial charge in [0.2, 0.25) is 0 Å². The first-order valence-electron chi connectivity index (χ1n) is 4.87. The van der Waals surface area contributed by atoms with E-state index in [0.29, 0.717) is 18.3 Å². The lowest BCUT2D eigenvalue weighted by atomic mass is 9.77. The molecule has 0 aromatic rings. The second-order valence-electron chi connectivity index (χ2n) is 4.32. The zero-order valence-electron chi connectivity index (χ0n) is 7.44. The van der Waals surface area contributed by atoms with Gasteiger partial charge in [-0.05, 0) is 18.3 Å². The number of allylic oxidation sites excluding steroid dienone is 6. The summed E-state index contributed by atoms with van der Waals surface area (Å²) in [5.41, 5.74) is 1.74. The Morgan fingerprint density at radius 2 is 2.46 bits per heavy atom. The first-order valence-corrected chi connectivity index (χ1v) is 4.87. The summed E-state index contributed by atoms with van der Waals surface area (Å²) in [6.45, 7) is 0. The lowest BCUT2D eigenvalue weighted by molar-refractivity contribution is -0.108. The molecule has 3 aliphatic carbocycles. The van der Waals surface area contributed by atoms with Gasteiger partial charge in [0.1, 0.15) is 6.29 Å². The standard InChI is InChI=1S/C12H12O/c13-6-3-10-2-5-12-4-1-9(8-12)7-11(10)12/h1-2,4-7,10-11H,3,8H2. The molecule has 66 valence electrons. The topological polar surface area (TPSA) is 17.1 Å². The van der Waals surface area contributed by atoms with E-state index in [0.717, 1.165) is 6.29 Å². The maximum Gasteiger partial charge on any atom is 0.120 e. The van der Waals surface area contributed by atoms with Crippen LogP contribution in [0, 0.1) is 17.3 Å². The normalized spacial score (nSPS) is 43.8. The van der Waals surface area contributed by atoms with Gasteiger partial charge in [-0.15, -0.1) is 0 Å². The van der Waals surface area contributed by atoms with Crippen molar-refractivity contribution in [3.8, 4) is 0 Å². The molecule has 0 amide bonds. The fraction of sp³-hybridized carbons (Fsp3) is 0.417. The van der Waals surface area contributed by atoms with Gasteiger partial charge in [0.25, 0.3) is 0 Å². The average molecular weight is 172 g/mol. The van der Waals surface area contributed by atoms with Crippen molar-refractivity contribution in [2.45, 2.75) is 12.8 Å². The van der Waals surface area contributed by atoms with Crippen molar-refractivity contribution in [2.75, 3.05) is 0 Å². The van der Waals surface area contributed by atoms with Crippen LogP contribution in [0.5, 0.6) is 0 Å². The van der Waals surface area contributed by atoms with Crippen molar-refractivity contribution >= 4 is 6.29 Å². The number of carbonyl (C=O) groups excluding carboxylic acids is 1. The van der Waals surface area contributed by atoms with Gasteiger partial charge in [-0.2, -0.15) is 0 Å². The Kier molecular flexibility index (Phi) is 1.25. The van der Waals surface area contributed by atoms with Crippen LogP contribution < -0.4 is 0 Å². The number of carbonyl (C=O) groups is 1. The number of hydrogen-bond donors (Lipinski definition) is 0. The third-order valence-corrected chi connectivity index (χ3v) is 3.62. The van der Waals surface area contributed by atoms with E-state index in [2.05, 4.69) is 30.4 Å². The van der Waals surface area contributed by atoms with Gasteiger partial charge < -0.3 is 4.79 Å². The summed E-state index contributed by atoms with van der Waals surface area (Å²) in [7, 11) is 0. The van der Waals surface area contributed by atoms with Gasteiger partial charge in [0.15, 0.2) is 0 Å². The minimum absolute atomic E-state index is 0.281. The molecule has 13 heavy (non-hydrogen) atoms. The van der Waals surface area contributed by atoms with Crippen LogP contribution in [0.25, 0.3) is 0 Å². The van der Waals surface area contributed by atoms with Gasteiger partial charge in [-0.3, -0.25) is 0 Å². The third-order valence-electron chi connectivity index (χ3n) is 3.62. The number of fused-ring (bicyclic) bond motifs is 1. The van der Waals surface area contributed by atoms with Crippen LogP contribution in [0.15, 0.2) is 36.0 Å². The molecule has 0 aromatic carbocycles. The van der Waals surface area contributed by atoms with Crippen molar-refractivity contribution in [2.24, 2.45) is 17.3 Å². The molecule has 2 bridgehead atoms. The van der Waals surface area contributed by atoms with E-state index in [9.17, 15) is 4.79 Å². The monoisotopic (exact) mass is 172 g/mol. The highest BCUT2D eigenvalue weighted by molar-refractivity contribution is 5.53.